The Morgan fingerprint density at radius 1 is 1.04 bits per heavy atom. The zero-order chi connectivity index (χ0) is 16.8. The lowest BCUT2D eigenvalue weighted by atomic mass is 10.2. The Kier molecular flexibility index (Phi) is 2.96. The fourth-order valence-corrected chi connectivity index (χ4v) is 2.91. The number of fused-ring (bicyclic) bond motifs is 2. The van der Waals surface area contributed by atoms with E-state index in [0.29, 0.717) is 24.0 Å². The zero-order valence-electron chi connectivity index (χ0n) is 13.4. The monoisotopic (exact) mass is 334 g/mol. The van der Waals surface area contributed by atoms with Crippen LogP contribution in [0.3, 0.4) is 0 Å². The smallest absolute Gasteiger partial charge is 0.253 e. The van der Waals surface area contributed by atoms with E-state index in [0.717, 1.165) is 17.1 Å². The molecule has 0 amide bonds. The summed E-state index contributed by atoms with van der Waals surface area (Å²) in [7, 11) is 1.88. The van der Waals surface area contributed by atoms with E-state index >= 15 is 0 Å². The maximum absolute atomic E-state index is 5.99. The molecule has 0 fully saturated rings. The van der Waals surface area contributed by atoms with Gasteiger partial charge >= 0.3 is 0 Å². The second-order valence-electron chi connectivity index (χ2n) is 5.72. The van der Waals surface area contributed by atoms with Crippen molar-refractivity contribution in [3.63, 3.8) is 0 Å². The number of ether oxygens (including phenoxy) is 2. The molecular weight excluding hydrogens is 320 g/mol. The maximum Gasteiger partial charge on any atom is 0.253 e. The Morgan fingerprint density at radius 3 is 2.72 bits per heavy atom. The SMILES string of the molecule is Cn1nccc1-c1ccnc2nc([C@@H]3COc4ccccc4O3)nn12. The molecule has 0 saturated heterocycles. The van der Waals surface area contributed by atoms with Gasteiger partial charge in [0, 0.05) is 19.4 Å². The molecule has 0 unspecified atom stereocenters. The lowest BCUT2D eigenvalue weighted by Gasteiger charge is -2.24. The van der Waals surface area contributed by atoms with Crippen molar-refractivity contribution in [3.05, 3.63) is 54.6 Å². The molecule has 8 nitrogen and oxygen atoms in total. The van der Waals surface area contributed by atoms with Gasteiger partial charge in [-0.1, -0.05) is 12.1 Å². The molecule has 1 atom stereocenters. The molecule has 0 spiro atoms. The highest BCUT2D eigenvalue weighted by molar-refractivity contribution is 5.57. The highest BCUT2D eigenvalue weighted by Crippen LogP contribution is 2.35. The molecule has 25 heavy (non-hydrogen) atoms. The predicted octanol–water partition coefficient (Wildman–Crippen LogP) is 2.04. The number of aromatic nitrogens is 6. The first-order valence-corrected chi connectivity index (χ1v) is 7.88. The molecule has 0 N–H and O–H groups in total. The van der Waals surface area contributed by atoms with Crippen molar-refractivity contribution < 1.29 is 9.47 Å². The molecule has 124 valence electrons. The summed E-state index contributed by atoms with van der Waals surface area (Å²) >= 11 is 0. The summed E-state index contributed by atoms with van der Waals surface area (Å²) < 4.78 is 15.2. The van der Waals surface area contributed by atoms with Crippen LogP contribution in [0.25, 0.3) is 17.2 Å². The Morgan fingerprint density at radius 2 is 1.88 bits per heavy atom. The summed E-state index contributed by atoms with van der Waals surface area (Å²) in [6.45, 7) is 0.356. The summed E-state index contributed by atoms with van der Waals surface area (Å²) in [5, 5.41) is 8.81. The van der Waals surface area contributed by atoms with Crippen molar-refractivity contribution >= 4 is 5.78 Å². The van der Waals surface area contributed by atoms with Crippen LogP contribution >= 0.6 is 0 Å². The Labute approximate surface area is 142 Å². The molecule has 4 aromatic rings. The highest BCUT2D eigenvalue weighted by atomic mass is 16.6. The molecule has 1 aliphatic heterocycles. The second-order valence-corrected chi connectivity index (χ2v) is 5.72. The van der Waals surface area contributed by atoms with Crippen molar-refractivity contribution in [2.24, 2.45) is 7.05 Å². The molecule has 5 rings (SSSR count). The van der Waals surface area contributed by atoms with Crippen LogP contribution in [0.5, 0.6) is 11.5 Å². The topological polar surface area (TPSA) is 79.4 Å². The molecule has 0 radical (unpaired) electrons. The van der Waals surface area contributed by atoms with Crippen LogP contribution in [-0.4, -0.2) is 36.0 Å². The van der Waals surface area contributed by atoms with E-state index in [4.69, 9.17) is 9.47 Å². The van der Waals surface area contributed by atoms with Crippen molar-refractivity contribution in [2.45, 2.75) is 6.10 Å². The molecule has 0 saturated carbocycles. The number of hydrogen-bond donors (Lipinski definition) is 0. The van der Waals surface area contributed by atoms with Gasteiger partial charge < -0.3 is 9.47 Å². The Hall–Kier alpha value is -3.42. The minimum Gasteiger partial charge on any atom is -0.485 e. The van der Waals surface area contributed by atoms with Crippen LogP contribution in [0.2, 0.25) is 0 Å². The van der Waals surface area contributed by atoms with E-state index < -0.39 is 0 Å². The average Bonchev–Trinajstić information content (AvgIpc) is 3.27. The van der Waals surface area contributed by atoms with E-state index in [-0.39, 0.29) is 6.10 Å². The van der Waals surface area contributed by atoms with Crippen LogP contribution in [0, 0.1) is 0 Å². The number of benzene rings is 1. The van der Waals surface area contributed by atoms with Gasteiger partial charge in [0.1, 0.15) is 6.61 Å². The first-order chi connectivity index (χ1) is 12.3. The number of nitrogens with zero attached hydrogens (tertiary/aromatic N) is 6. The molecule has 4 heterocycles. The van der Waals surface area contributed by atoms with Crippen LogP contribution in [-0.2, 0) is 7.05 Å². The van der Waals surface area contributed by atoms with Gasteiger partial charge in [-0.05, 0) is 24.3 Å². The second kappa shape index (κ2) is 5.30. The van der Waals surface area contributed by atoms with Gasteiger partial charge in [0.05, 0.1) is 11.4 Å². The molecule has 8 heteroatoms. The average molecular weight is 334 g/mol. The lowest BCUT2D eigenvalue weighted by molar-refractivity contribution is 0.0852. The molecule has 1 aliphatic rings. The quantitative estimate of drug-likeness (QED) is 0.558. The van der Waals surface area contributed by atoms with Crippen LogP contribution in [0.15, 0.2) is 48.8 Å². The number of hydrogen-bond acceptors (Lipinski definition) is 6. The normalized spacial score (nSPS) is 16.3. The van der Waals surface area contributed by atoms with E-state index in [2.05, 4.69) is 20.2 Å². The summed E-state index contributed by atoms with van der Waals surface area (Å²) in [5.41, 5.74) is 1.79. The van der Waals surface area contributed by atoms with E-state index in [1.807, 2.05) is 43.4 Å². The Bertz CT molecular complexity index is 1070. The molecule has 3 aromatic heterocycles. The third-order valence-corrected chi connectivity index (χ3v) is 4.14. The standard InChI is InChI=1S/C17H14N6O2/c1-22-11(7-9-19-22)12-6-8-18-17-20-16(21-23(12)17)15-10-24-13-4-2-3-5-14(13)25-15/h2-9,15H,10H2,1H3/t15-/m0/s1. The number of aryl methyl sites for hydroxylation is 1. The van der Waals surface area contributed by atoms with Crippen molar-refractivity contribution in [2.75, 3.05) is 6.61 Å². The molecular formula is C17H14N6O2. The minimum absolute atomic E-state index is 0.356. The summed E-state index contributed by atoms with van der Waals surface area (Å²) in [6, 6.07) is 11.4. The lowest BCUT2D eigenvalue weighted by Crippen LogP contribution is -2.22. The summed E-state index contributed by atoms with van der Waals surface area (Å²) in [5.74, 6) is 2.47. The van der Waals surface area contributed by atoms with Crippen LogP contribution < -0.4 is 9.47 Å². The molecule has 1 aromatic carbocycles. The van der Waals surface area contributed by atoms with Gasteiger partial charge in [0.25, 0.3) is 5.78 Å². The van der Waals surface area contributed by atoms with Crippen LogP contribution in [0.1, 0.15) is 11.9 Å². The number of rotatable bonds is 2. The molecule has 0 bridgehead atoms. The van der Waals surface area contributed by atoms with E-state index in [1.54, 1.807) is 21.6 Å². The fraction of sp³-hybridized carbons (Fsp3) is 0.176. The van der Waals surface area contributed by atoms with Crippen molar-refractivity contribution in [1.29, 1.82) is 0 Å². The van der Waals surface area contributed by atoms with Gasteiger partial charge in [-0.3, -0.25) is 4.68 Å². The summed E-state index contributed by atoms with van der Waals surface area (Å²) in [4.78, 5) is 8.82. The predicted molar refractivity (Wildman–Crippen MR) is 88.3 cm³/mol. The first kappa shape index (κ1) is 14.0. The summed E-state index contributed by atoms with van der Waals surface area (Å²) in [6.07, 6.45) is 3.08. The van der Waals surface area contributed by atoms with Gasteiger partial charge in [-0.2, -0.15) is 14.6 Å². The third kappa shape index (κ3) is 2.22. The Balaban J connectivity index is 1.57. The van der Waals surface area contributed by atoms with Gasteiger partial charge in [0.15, 0.2) is 23.4 Å². The maximum atomic E-state index is 5.99. The van der Waals surface area contributed by atoms with Crippen molar-refractivity contribution in [3.8, 4) is 22.9 Å². The minimum atomic E-state index is -0.379. The largest absolute Gasteiger partial charge is 0.485 e. The first-order valence-electron chi connectivity index (χ1n) is 7.88. The zero-order valence-corrected chi connectivity index (χ0v) is 13.4. The molecule has 0 aliphatic carbocycles. The highest BCUT2D eigenvalue weighted by Gasteiger charge is 2.27. The van der Waals surface area contributed by atoms with Gasteiger partial charge in [0.2, 0.25) is 0 Å². The number of para-hydroxylation sites is 2. The van der Waals surface area contributed by atoms with Crippen LogP contribution in [0.4, 0.5) is 0 Å². The van der Waals surface area contributed by atoms with Crippen molar-refractivity contribution in [1.82, 2.24) is 29.4 Å². The third-order valence-electron chi connectivity index (χ3n) is 4.14. The van der Waals surface area contributed by atoms with E-state index in [1.165, 1.54) is 0 Å². The van der Waals surface area contributed by atoms with E-state index in [9.17, 15) is 0 Å². The van der Waals surface area contributed by atoms with Gasteiger partial charge in [-0.25, -0.2) is 4.98 Å². The van der Waals surface area contributed by atoms with Gasteiger partial charge in [-0.15, -0.1) is 5.10 Å². The fourth-order valence-electron chi connectivity index (χ4n) is 2.91.